The van der Waals surface area contributed by atoms with E-state index in [4.69, 9.17) is 17.2 Å². The number of amidine groups is 1. The van der Waals surface area contributed by atoms with Gasteiger partial charge in [-0.25, -0.2) is 4.99 Å². The Morgan fingerprint density at radius 1 is 1.06 bits per heavy atom. The summed E-state index contributed by atoms with van der Waals surface area (Å²) in [5.41, 5.74) is 5.55. The lowest BCUT2D eigenvalue weighted by Gasteiger charge is -2.43. The number of aliphatic hydroxyl groups excluding tert-OH is 1. The molecule has 0 unspecified atom stereocenters. The predicted octanol–water partition coefficient (Wildman–Crippen LogP) is 5.44. The summed E-state index contributed by atoms with van der Waals surface area (Å²) in [4.78, 5) is 9.38. The van der Waals surface area contributed by atoms with Crippen LogP contribution in [-0.4, -0.2) is 41.3 Å². The van der Waals surface area contributed by atoms with E-state index in [-0.39, 0.29) is 12.1 Å². The van der Waals surface area contributed by atoms with Crippen LogP contribution in [0.1, 0.15) is 50.2 Å². The van der Waals surface area contributed by atoms with Gasteiger partial charge in [0.2, 0.25) is 5.11 Å². The minimum Gasteiger partial charge on any atom is -0.395 e. The van der Waals surface area contributed by atoms with Crippen molar-refractivity contribution in [1.29, 1.82) is 0 Å². The number of anilines is 3. The van der Waals surface area contributed by atoms with Gasteiger partial charge in [0.15, 0.2) is 0 Å². The summed E-state index contributed by atoms with van der Waals surface area (Å²) in [5, 5.41) is 13.7. The van der Waals surface area contributed by atoms with E-state index in [1.807, 2.05) is 0 Å². The van der Waals surface area contributed by atoms with Gasteiger partial charge in [-0.15, -0.1) is 0 Å². The van der Waals surface area contributed by atoms with Gasteiger partial charge in [-0.1, -0.05) is 37.5 Å². The topological polar surface area (TPSA) is 51.1 Å². The van der Waals surface area contributed by atoms with Gasteiger partial charge in [0.25, 0.3) is 0 Å². The molecule has 2 aliphatic rings. The SMILES string of the molecule is CCN(CCO)c1ccc(N2C(=S)N=C(Nc3c(C)cccc3C)C23CCCCC3)cc1. The van der Waals surface area contributed by atoms with Crippen molar-refractivity contribution in [2.45, 2.75) is 58.4 Å². The van der Waals surface area contributed by atoms with E-state index < -0.39 is 0 Å². The molecule has 0 bridgehead atoms. The molecule has 2 N–H and O–H groups in total. The summed E-state index contributed by atoms with van der Waals surface area (Å²) in [6, 6.07) is 14.9. The Morgan fingerprint density at radius 2 is 1.72 bits per heavy atom. The van der Waals surface area contributed by atoms with E-state index in [1.54, 1.807) is 0 Å². The van der Waals surface area contributed by atoms with Crippen molar-refractivity contribution in [2.24, 2.45) is 4.99 Å². The second kappa shape index (κ2) is 9.59. The van der Waals surface area contributed by atoms with Gasteiger partial charge in [-0.2, -0.15) is 0 Å². The minimum atomic E-state index is -0.221. The third kappa shape index (κ3) is 4.14. The van der Waals surface area contributed by atoms with Crippen molar-refractivity contribution < 1.29 is 5.11 Å². The number of aryl methyl sites for hydroxylation is 2. The van der Waals surface area contributed by atoms with Gasteiger partial charge in [0.1, 0.15) is 11.4 Å². The Morgan fingerprint density at radius 3 is 2.31 bits per heavy atom. The summed E-state index contributed by atoms with van der Waals surface area (Å²) >= 11 is 5.84. The number of benzene rings is 2. The number of likely N-dealkylation sites (N-methyl/N-ethyl adjacent to an activating group) is 1. The van der Waals surface area contributed by atoms with E-state index in [9.17, 15) is 5.11 Å². The number of para-hydroxylation sites is 1. The molecule has 1 saturated carbocycles. The number of thiocarbonyl (C=S) groups is 1. The zero-order valence-corrected chi connectivity index (χ0v) is 20.2. The van der Waals surface area contributed by atoms with Crippen molar-refractivity contribution >= 4 is 40.2 Å². The second-order valence-corrected chi connectivity index (χ2v) is 9.25. The Labute approximate surface area is 197 Å². The highest BCUT2D eigenvalue weighted by atomic mass is 32.1. The molecule has 1 fully saturated rings. The quantitative estimate of drug-likeness (QED) is 0.574. The van der Waals surface area contributed by atoms with Gasteiger partial charge in [0, 0.05) is 30.2 Å². The molecule has 0 radical (unpaired) electrons. The average molecular weight is 451 g/mol. The molecule has 1 aliphatic heterocycles. The number of hydrogen-bond donors (Lipinski definition) is 2. The highest BCUT2D eigenvalue weighted by Gasteiger charge is 2.49. The maximum atomic E-state index is 9.36. The molecule has 1 aliphatic carbocycles. The van der Waals surface area contributed by atoms with Crippen molar-refractivity contribution in [3.63, 3.8) is 0 Å². The molecule has 2 aromatic carbocycles. The summed E-state index contributed by atoms with van der Waals surface area (Å²) in [5.74, 6) is 0.985. The van der Waals surface area contributed by atoms with Crippen LogP contribution in [0.25, 0.3) is 0 Å². The van der Waals surface area contributed by atoms with E-state index in [0.717, 1.165) is 42.3 Å². The molecular weight excluding hydrogens is 416 g/mol. The maximum absolute atomic E-state index is 9.36. The molecule has 32 heavy (non-hydrogen) atoms. The number of hydrogen-bond acceptors (Lipinski definition) is 4. The Kier molecular flexibility index (Phi) is 6.82. The first-order valence-corrected chi connectivity index (χ1v) is 12.1. The van der Waals surface area contributed by atoms with Crippen LogP contribution in [0.4, 0.5) is 17.1 Å². The van der Waals surface area contributed by atoms with Crippen LogP contribution in [0.5, 0.6) is 0 Å². The standard InChI is InChI=1S/C26H34N4OS/c1-4-29(17-18-31)21-11-13-22(14-12-21)30-25(32)28-24(26(30)15-6-5-7-16-26)27-23-19(2)9-8-10-20(23)3/h8-14,31H,4-7,15-18H2,1-3H3,(H,27,28,32). The third-order valence-electron chi connectivity index (χ3n) is 6.90. The van der Waals surface area contributed by atoms with Crippen LogP contribution in [0.15, 0.2) is 47.5 Å². The van der Waals surface area contributed by atoms with Gasteiger partial charge < -0.3 is 20.2 Å². The zero-order valence-electron chi connectivity index (χ0n) is 19.4. The molecule has 0 atom stereocenters. The number of nitrogens with zero attached hydrogens (tertiary/aromatic N) is 3. The van der Waals surface area contributed by atoms with Gasteiger partial charge in [-0.05, 0) is 81.2 Å². The number of rotatable bonds is 6. The van der Waals surface area contributed by atoms with Crippen molar-refractivity contribution in [3.8, 4) is 0 Å². The van der Waals surface area contributed by atoms with Gasteiger partial charge >= 0.3 is 0 Å². The molecule has 0 aromatic heterocycles. The molecule has 0 amide bonds. The van der Waals surface area contributed by atoms with E-state index >= 15 is 0 Å². The molecule has 1 spiro atoms. The lowest BCUT2D eigenvalue weighted by Crippen LogP contribution is -2.55. The molecule has 1 heterocycles. The molecule has 6 heteroatoms. The van der Waals surface area contributed by atoms with Crippen LogP contribution in [0, 0.1) is 13.8 Å². The number of aliphatic imine (C=N–C) groups is 1. The molecule has 5 nitrogen and oxygen atoms in total. The Bertz CT molecular complexity index is 975. The first-order chi connectivity index (χ1) is 15.5. The van der Waals surface area contributed by atoms with Crippen molar-refractivity contribution in [2.75, 3.05) is 34.8 Å². The normalized spacial score (nSPS) is 17.6. The molecule has 170 valence electrons. The summed E-state index contributed by atoms with van der Waals surface area (Å²) in [6.45, 7) is 8.03. The zero-order chi connectivity index (χ0) is 22.7. The molecular formula is C26H34N4OS. The Balaban J connectivity index is 1.68. The largest absolute Gasteiger partial charge is 0.395 e. The minimum absolute atomic E-state index is 0.149. The van der Waals surface area contributed by atoms with E-state index in [2.05, 4.69) is 78.4 Å². The van der Waals surface area contributed by atoms with Crippen molar-refractivity contribution in [3.05, 3.63) is 53.6 Å². The van der Waals surface area contributed by atoms with Crippen LogP contribution in [-0.2, 0) is 0 Å². The van der Waals surface area contributed by atoms with Crippen LogP contribution >= 0.6 is 12.2 Å². The highest BCUT2D eigenvalue weighted by molar-refractivity contribution is 7.80. The lowest BCUT2D eigenvalue weighted by molar-refractivity contribution is 0.302. The van der Waals surface area contributed by atoms with Gasteiger partial charge in [0.05, 0.1) is 6.61 Å². The predicted molar refractivity (Wildman–Crippen MR) is 139 cm³/mol. The molecule has 0 saturated heterocycles. The second-order valence-electron chi connectivity index (χ2n) is 8.88. The number of nitrogens with one attached hydrogen (secondary N) is 1. The molecule has 2 aromatic rings. The fraction of sp³-hybridized carbons (Fsp3) is 0.462. The van der Waals surface area contributed by atoms with Gasteiger partial charge in [-0.3, -0.25) is 0 Å². The van der Waals surface area contributed by atoms with Crippen LogP contribution in [0.3, 0.4) is 0 Å². The molecule has 4 rings (SSSR count). The number of aliphatic hydroxyl groups is 1. The smallest absolute Gasteiger partial charge is 0.202 e. The fourth-order valence-electron chi connectivity index (χ4n) is 5.17. The average Bonchev–Trinajstić information content (AvgIpc) is 3.05. The highest BCUT2D eigenvalue weighted by Crippen LogP contribution is 2.43. The van der Waals surface area contributed by atoms with Crippen molar-refractivity contribution in [1.82, 2.24) is 0 Å². The fourth-order valence-corrected chi connectivity index (χ4v) is 5.54. The first-order valence-electron chi connectivity index (χ1n) is 11.7. The van der Waals surface area contributed by atoms with E-state index in [0.29, 0.717) is 11.7 Å². The third-order valence-corrected chi connectivity index (χ3v) is 7.17. The van der Waals surface area contributed by atoms with E-state index in [1.165, 1.54) is 30.4 Å². The van der Waals surface area contributed by atoms with Crippen LogP contribution < -0.4 is 15.1 Å². The Hall–Kier alpha value is -2.44. The first kappa shape index (κ1) is 22.7. The summed E-state index contributed by atoms with van der Waals surface area (Å²) < 4.78 is 0. The summed E-state index contributed by atoms with van der Waals surface area (Å²) in [6.07, 6.45) is 5.68. The maximum Gasteiger partial charge on any atom is 0.202 e. The lowest BCUT2D eigenvalue weighted by atomic mass is 9.79. The summed E-state index contributed by atoms with van der Waals surface area (Å²) in [7, 11) is 0. The monoisotopic (exact) mass is 450 g/mol. The van der Waals surface area contributed by atoms with Crippen LogP contribution in [0.2, 0.25) is 0 Å².